The molecule has 1 unspecified atom stereocenters. The van der Waals surface area contributed by atoms with E-state index in [1.165, 1.54) is 5.56 Å². The molecule has 0 amide bonds. The molecule has 0 bridgehead atoms. The van der Waals surface area contributed by atoms with Crippen molar-refractivity contribution in [3.63, 3.8) is 0 Å². The fraction of sp³-hybridized carbons (Fsp3) is 0.200. The van der Waals surface area contributed by atoms with Crippen molar-refractivity contribution in [2.45, 2.75) is 12.5 Å². The van der Waals surface area contributed by atoms with Crippen molar-refractivity contribution >= 4 is 6.21 Å². The number of hydrogen-bond acceptors (Lipinski definition) is 3. The van der Waals surface area contributed by atoms with Gasteiger partial charge < -0.3 is 0 Å². The van der Waals surface area contributed by atoms with Crippen LogP contribution >= 0.6 is 0 Å². The Hall–Kier alpha value is -1.51. The van der Waals surface area contributed by atoms with Crippen LogP contribution in [-0.2, 0) is 5.54 Å². The van der Waals surface area contributed by atoms with Crippen molar-refractivity contribution in [2.75, 3.05) is 0 Å². The highest BCUT2D eigenvalue weighted by molar-refractivity contribution is 5.75. The van der Waals surface area contributed by atoms with Crippen LogP contribution in [0.5, 0.6) is 0 Å². The number of nitrogens with zero attached hydrogens (tertiary/aromatic N) is 3. The Morgan fingerprint density at radius 2 is 1.92 bits per heavy atom. The van der Waals surface area contributed by atoms with Gasteiger partial charge in [0, 0.05) is 0 Å². The zero-order valence-corrected chi connectivity index (χ0v) is 7.44. The SMILES string of the molecule is [CH2]C1(c2ccc(C)cc2)C=NN=N1. The lowest BCUT2D eigenvalue weighted by molar-refractivity contribution is 0.743. The molecule has 0 saturated carbocycles. The minimum atomic E-state index is -0.603. The fourth-order valence-electron chi connectivity index (χ4n) is 1.23. The van der Waals surface area contributed by atoms with E-state index in [0.717, 1.165) is 5.56 Å². The lowest BCUT2D eigenvalue weighted by atomic mass is 9.94. The second-order valence-corrected chi connectivity index (χ2v) is 3.22. The molecular weight excluding hydrogens is 162 g/mol. The van der Waals surface area contributed by atoms with Crippen LogP contribution in [0.2, 0.25) is 0 Å². The topological polar surface area (TPSA) is 37.1 Å². The summed E-state index contributed by atoms with van der Waals surface area (Å²) in [6.07, 6.45) is 1.65. The highest BCUT2D eigenvalue weighted by atomic mass is 15.4. The summed E-state index contributed by atoms with van der Waals surface area (Å²) in [6, 6.07) is 8.06. The molecule has 1 aromatic rings. The quantitative estimate of drug-likeness (QED) is 0.624. The second-order valence-electron chi connectivity index (χ2n) is 3.22. The average molecular weight is 172 g/mol. The zero-order valence-electron chi connectivity index (χ0n) is 7.44. The minimum Gasteiger partial charge on any atom is -0.151 e. The molecule has 1 heterocycles. The maximum absolute atomic E-state index is 3.96. The van der Waals surface area contributed by atoms with Crippen molar-refractivity contribution in [2.24, 2.45) is 15.4 Å². The second kappa shape index (κ2) is 2.76. The van der Waals surface area contributed by atoms with Crippen molar-refractivity contribution < 1.29 is 0 Å². The van der Waals surface area contributed by atoms with E-state index in [9.17, 15) is 0 Å². The van der Waals surface area contributed by atoms with Crippen LogP contribution in [0.25, 0.3) is 0 Å². The molecule has 2 rings (SSSR count). The lowest BCUT2D eigenvalue weighted by Crippen LogP contribution is -2.18. The Kier molecular flexibility index (Phi) is 1.72. The average Bonchev–Trinajstić information content (AvgIpc) is 2.54. The summed E-state index contributed by atoms with van der Waals surface area (Å²) in [7, 11) is 0. The van der Waals surface area contributed by atoms with Gasteiger partial charge >= 0.3 is 0 Å². The normalized spacial score (nSPS) is 25.4. The molecule has 1 aromatic carbocycles. The van der Waals surface area contributed by atoms with Gasteiger partial charge in [-0.05, 0) is 24.6 Å². The van der Waals surface area contributed by atoms with Crippen molar-refractivity contribution in [1.29, 1.82) is 0 Å². The molecule has 0 spiro atoms. The predicted molar refractivity (Wildman–Crippen MR) is 51.6 cm³/mol. The monoisotopic (exact) mass is 172 g/mol. The highest BCUT2D eigenvalue weighted by Crippen LogP contribution is 2.26. The first kappa shape index (κ1) is 8.10. The Morgan fingerprint density at radius 3 is 2.46 bits per heavy atom. The molecule has 0 N–H and O–H groups in total. The van der Waals surface area contributed by atoms with E-state index in [-0.39, 0.29) is 0 Å². The predicted octanol–water partition coefficient (Wildman–Crippen LogP) is 2.48. The van der Waals surface area contributed by atoms with Crippen LogP contribution < -0.4 is 0 Å². The maximum Gasteiger partial charge on any atom is 0.146 e. The summed E-state index contributed by atoms with van der Waals surface area (Å²) in [5.74, 6) is 0. The summed E-state index contributed by atoms with van der Waals surface area (Å²) in [5, 5.41) is 11.2. The van der Waals surface area contributed by atoms with Gasteiger partial charge in [-0.25, -0.2) is 0 Å². The van der Waals surface area contributed by atoms with Crippen molar-refractivity contribution in [1.82, 2.24) is 0 Å². The van der Waals surface area contributed by atoms with Gasteiger partial charge in [-0.3, -0.25) is 0 Å². The smallest absolute Gasteiger partial charge is 0.146 e. The largest absolute Gasteiger partial charge is 0.151 e. The van der Waals surface area contributed by atoms with E-state index >= 15 is 0 Å². The molecule has 1 aliphatic rings. The van der Waals surface area contributed by atoms with Gasteiger partial charge in [-0.15, -0.1) is 5.10 Å². The first-order chi connectivity index (χ1) is 6.21. The molecule has 65 valence electrons. The van der Waals surface area contributed by atoms with E-state index in [1.54, 1.807) is 6.21 Å². The highest BCUT2D eigenvalue weighted by Gasteiger charge is 2.26. The van der Waals surface area contributed by atoms with Crippen molar-refractivity contribution in [3.05, 3.63) is 42.3 Å². The molecule has 1 radical (unpaired) electrons. The third kappa shape index (κ3) is 1.37. The van der Waals surface area contributed by atoms with Crippen LogP contribution in [0.4, 0.5) is 0 Å². The number of rotatable bonds is 1. The summed E-state index contributed by atoms with van der Waals surface area (Å²) in [6.45, 7) is 6.00. The van der Waals surface area contributed by atoms with Gasteiger partial charge in [0.25, 0.3) is 0 Å². The van der Waals surface area contributed by atoms with E-state index in [1.807, 2.05) is 31.2 Å². The third-order valence-electron chi connectivity index (χ3n) is 2.10. The molecule has 0 aromatic heterocycles. The van der Waals surface area contributed by atoms with Gasteiger partial charge in [0.2, 0.25) is 0 Å². The van der Waals surface area contributed by atoms with Crippen LogP contribution in [-0.4, -0.2) is 6.21 Å². The fourth-order valence-corrected chi connectivity index (χ4v) is 1.23. The Balaban J connectivity index is 2.41. The number of hydrogen-bond donors (Lipinski definition) is 0. The van der Waals surface area contributed by atoms with E-state index in [2.05, 4.69) is 22.4 Å². The van der Waals surface area contributed by atoms with Crippen LogP contribution in [0.3, 0.4) is 0 Å². The van der Waals surface area contributed by atoms with Gasteiger partial charge in [-0.2, -0.15) is 5.11 Å². The molecule has 3 nitrogen and oxygen atoms in total. The third-order valence-corrected chi connectivity index (χ3v) is 2.10. The van der Waals surface area contributed by atoms with E-state index in [4.69, 9.17) is 0 Å². The molecule has 3 heteroatoms. The summed E-state index contributed by atoms with van der Waals surface area (Å²) in [4.78, 5) is 0. The minimum absolute atomic E-state index is 0.603. The molecular formula is C10H10N3. The van der Waals surface area contributed by atoms with E-state index in [0.29, 0.717) is 0 Å². The lowest BCUT2D eigenvalue weighted by Gasteiger charge is -2.14. The Bertz CT molecular complexity index is 350. The summed E-state index contributed by atoms with van der Waals surface area (Å²) < 4.78 is 0. The first-order valence-corrected chi connectivity index (χ1v) is 4.10. The van der Waals surface area contributed by atoms with E-state index < -0.39 is 5.54 Å². The van der Waals surface area contributed by atoms with Gasteiger partial charge in [-0.1, -0.05) is 29.8 Å². The molecule has 0 aliphatic carbocycles. The van der Waals surface area contributed by atoms with Crippen LogP contribution in [0.15, 0.2) is 39.7 Å². The van der Waals surface area contributed by atoms with Crippen LogP contribution in [0.1, 0.15) is 11.1 Å². The Labute approximate surface area is 77.2 Å². The van der Waals surface area contributed by atoms with Gasteiger partial charge in [0.1, 0.15) is 5.54 Å². The number of aryl methyl sites for hydroxylation is 1. The van der Waals surface area contributed by atoms with Gasteiger partial charge in [0.15, 0.2) is 0 Å². The summed E-state index contributed by atoms with van der Waals surface area (Å²) >= 11 is 0. The summed E-state index contributed by atoms with van der Waals surface area (Å²) in [5.41, 5.74) is 1.63. The molecule has 1 atom stereocenters. The zero-order chi connectivity index (χ0) is 9.31. The Morgan fingerprint density at radius 1 is 1.23 bits per heavy atom. The standard InChI is InChI=1S/C10H10N3/c1-8-3-5-9(6-4-8)10(2)7-11-13-12-10/h3-7H,2H2,1H3. The number of benzene rings is 1. The van der Waals surface area contributed by atoms with Crippen LogP contribution in [0, 0.1) is 13.8 Å². The molecule has 1 aliphatic heterocycles. The maximum atomic E-state index is 3.96. The molecule has 0 saturated heterocycles. The molecule has 0 fully saturated rings. The van der Waals surface area contributed by atoms with Crippen molar-refractivity contribution in [3.8, 4) is 0 Å². The first-order valence-electron chi connectivity index (χ1n) is 4.10. The van der Waals surface area contributed by atoms with Gasteiger partial charge in [0.05, 0.1) is 6.21 Å². The molecule has 13 heavy (non-hydrogen) atoms.